The zero-order valence-electron chi connectivity index (χ0n) is 17.5. The number of carbonyl (C=O) groups excluding carboxylic acids is 1. The maximum atomic E-state index is 12.4. The number of cyclic esters (lactones) is 1. The van der Waals surface area contributed by atoms with Crippen LogP contribution < -0.4 is 9.47 Å². The van der Waals surface area contributed by atoms with E-state index in [-0.39, 0.29) is 18.2 Å². The summed E-state index contributed by atoms with van der Waals surface area (Å²) in [7, 11) is 0. The second kappa shape index (κ2) is 10.3. The Hall–Kier alpha value is -2.99. The molecule has 1 aliphatic rings. The normalized spacial score (nSPS) is 14.2. The van der Waals surface area contributed by atoms with E-state index in [1.807, 2.05) is 19.1 Å². The summed E-state index contributed by atoms with van der Waals surface area (Å²) in [4.78, 5) is 16.7. The van der Waals surface area contributed by atoms with E-state index in [0.717, 1.165) is 5.56 Å². The summed E-state index contributed by atoms with van der Waals surface area (Å²) in [5.41, 5.74) is 2.20. The molecule has 8 heteroatoms. The molecule has 4 rings (SSSR count). The first kappa shape index (κ1) is 23.2. The molecular formula is C25H18Cl3NO4. The van der Waals surface area contributed by atoms with Gasteiger partial charge in [-0.2, -0.15) is 0 Å². The number of esters is 1. The van der Waals surface area contributed by atoms with E-state index in [9.17, 15) is 4.79 Å². The lowest BCUT2D eigenvalue weighted by molar-refractivity contribution is -0.129. The standard InChI is InChI=1S/C25H18Cl3NO4/c1-2-31-22-13-16(11-20(28)23(22)32-14-15-7-9-17(26)10-8-15)12-21-25(30)33-24(29-21)18-5-3-4-6-19(18)27/h3-13H,2,14H2,1H3/b21-12-. The minimum atomic E-state index is -0.581. The molecule has 0 aromatic heterocycles. The Morgan fingerprint density at radius 2 is 1.73 bits per heavy atom. The number of benzene rings is 3. The minimum Gasteiger partial charge on any atom is -0.490 e. The Bertz CT molecular complexity index is 1250. The van der Waals surface area contributed by atoms with Crippen LogP contribution in [0.1, 0.15) is 23.6 Å². The molecule has 168 valence electrons. The van der Waals surface area contributed by atoms with Crippen LogP contribution in [0.15, 0.2) is 71.4 Å². The Morgan fingerprint density at radius 3 is 2.45 bits per heavy atom. The Kier molecular flexibility index (Phi) is 7.23. The van der Waals surface area contributed by atoms with Crippen LogP contribution in [0.5, 0.6) is 11.5 Å². The molecule has 0 spiro atoms. The zero-order valence-corrected chi connectivity index (χ0v) is 19.7. The van der Waals surface area contributed by atoms with Crippen LogP contribution in [0.3, 0.4) is 0 Å². The van der Waals surface area contributed by atoms with Crippen LogP contribution in [-0.2, 0) is 16.1 Å². The van der Waals surface area contributed by atoms with Gasteiger partial charge in [-0.3, -0.25) is 0 Å². The van der Waals surface area contributed by atoms with Crippen molar-refractivity contribution in [3.8, 4) is 11.5 Å². The van der Waals surface area contributed by atoms with E-state index in [2.05, 4.69) is 4.99 Å². The summed E-state index contributed by atoms with van der Waals surface area (Å²) in [6.45, 7) is 2.55. The van der Waals surface area contributed by atoms with Crippen LogP contribution in [0.2, 0.25) is 15.1 Å². The van der Waals surface area contributed by atoms with Crippen molar-refractivity contribution < 1.29 is 19.0 Å². The SMILES string of the molecule is CCOc1cc(/C=C2\N=C(c3ccccc3Cl)OC2=O)cc(Cl)c1OCc1ccc(Cl)cc1. The third-order valence-corrected chi connectivity index (χ3v) is 5.52. The molecule has 0 bridgehead atoms. The second-order valence-electron chi connectivity index (χ2n) is 6.99. The monoisotopic (exact) mass is 501 g/mol. The molecule has 3 aromatic rings. The van der Waals surface area contributed by atoms with Crippen molar-refractivity contribution in [2.75, 3.05) is 6.61 Å². The van der Waals surface area contributed by atoms with Crippen LogP contribution in [-0.4, -0.2) is 18.5 Å². The number of ether oxygens (including phenoxy) is 3. The number of aliphatic imine (C=N–C) groups is 1. The van der Waals surface area contributed by atoms with Crippen molar-refractivity contribution in [3.63, 3.8) is 0 Å². The predicted octanol–water partition coefficient (Wildman–Crippen LogP) is 6.97. The number of hydrogen-bond donors (Lipinski definition) is 0. The van der Waals surface area contributed by atoms with Gasteiger partial charge in [0.15, 0.2) is 17.2 Å². The number of carbonyl (C=O) groups is 1. The third kappa shape index (κ3) is 5.50. The summed E-state index contributed by atoms with van der Waals surface area (Å²) in [5, 5.41) is 1.42. The van der Waals surface area contributed by atoms with Crippen molar-refractivity contribution in [3.05, 3.63) is 98.1 Å². The number of nitrogens with zero attached hydrogens (tertiary/aromatic N) is 1. The lowest BCUT2D eigenvalue weighted by Gasteiger charge is -2.14. The highest BCUT2D eigenvalue weighted by Crippen LogP contribution is 2.38. The van der Waals surface area contributed by atoms with Crippen LogP contribution >= 0.6 is 34.8 Å². The molecule has 0 N–H and O–H groups in total. The van der Waals surface area contributed by atoms with Gasteiger partial charge in [0.1, 0.15) is 6.61 Å². The van der Waals surface area contributed by atoms with Gasteiger partial charge in [0.05, 0.1) is 22.2 Å². The smallest absolute Gasteiger partial charge is 0.363 e. The average molecular weight is 503 g/mol. The van der Waals surface area contributed by atoms with Gasteiger partial charge in [0, 0.05) is 5.02 Å². The first-order chi connectivity index (χ1) is 15.9. The number of rotatable bonds is 7. The maximum absolute atomic E-state index is 12.4. The quantitative estimate of drug-likeness (QED) is 0.259. The van der Waals surface area contributed by atoms with Crippen LogP contribution in [0.4, 0.5) is 0 Å². The van der Waals surface area contributed by atoms with Gasteiger partial charge < -0.3 is 14.2 Å². The summed E-state index contributed by atoms with van der Waals surface area (Å²) in [6.07, 6.45) is 1.57. The molecule has 0 radical (unpaired) electrons. The summed E-state index contributed by atoms with van der Waals surface area (Å²) in [5.74, 6) is 0.426. The fourth-order valence-electron chi connectivity index (χ4n) is 3.13. The predicted molar refractivity (Wildman–Crippen MR) is 130 cm³/mol. The fourth-order valence-corrected chi connectivity index (χ4v) is 3.74. The molecule has 33 heavy (non-hydrogen) atoms. The van der Waals surface area contributed by atoms with Gasteiger partial charge in [0.2, 0.25) is 5.90 Å². The Labute approximate surface area is 206 Å². The number of hydrogen-bond acceptors (Lipinski definition) is 5. The highest BCUT2D eigenvalue weighted by molar-refractivity contribution is 6.34. The van der Waals surface area contributed by atoms with Gasteiger partial charge >= 0.3 is 5.97 Å². The van der Waals surface area contributed by atoms with Crippen LogP contribution in [0, 0.1) is 0 Å². The maximum Gasteiger partial charge on any atom is 0.363 e. The molecule has 1 aliphatic heterocycles. The molecule has 0 atom stereocenters. The highest BCUT2D eigenvalue weighted by Gasteiger charge is 2.26. The van der Waals surface area contributed by atoms with Crippen molar-refractivity contribution in [2.45, 2.75) is 13.5 Å². The summed E-state index contributed by atoms with van der Waals surface area (Å²) < 4.78 is 17.0. The molecule has 3 aromatic carbocycles. The molecule has 0 saturated carbocycles. The van der Waals surface area contributed by atoms with Crippen molar-refractivity contribution in [2.24, 2.45) is 4.99 Å². The van der Waals surface area contributed by atoms with Gasteiger partial charge in [-0.25, -0.2) is 9.79 Å². The van der Waals surface area contributed by atoms with Crippen molar-refractivity contribution in [1.82, 2.24) is 0 Å². The van der Waals surface area contributed by atoms with Crippen molar-refractivity contribution >= 4 is 52.7 Å². The van der Waals surface area contributed by atoms with E-state index >= 15 is 0 Å². The van der Waals surface area contributed by atoms with E-state index < -0.39 is 5.97 Å². The minimum absolute atomic E-state index is 0.123. The molecule has 0 fully saturated rings. The zero-order chi connectivity index (χ0) is 23.4. The van der Waals surface area contributed by atoms with E-state index in [4.69, 9.17) is 49.0 Å². The van der Waals surface area contributed by atoms with Crippen molar-refractivity contribution in [1.29, 1.82) is 0 Å². The second-order valence-corrected chi connectivity index (χ2v) is 8.24. The lowest BCUT2D eigenvalue weighted by atomic mass is 10.1. The molecular weight excluding hydrogens is 485 g/mol. The first-order valence-electron chi connectivity index (χ1n) is 10.1. The average Bonchev–Trinajstić information content (AvgIpc) is 3.15. The summed E-state index contributed by atoms with van der Waals surface area (Å²) >= 11 is 18.6. The van der Waals surface area contributed by atoms with Gasteiger partial charge in [0.25, 0.3) is 0 Å². The van der Waals surface area contributed by atoms with E-state index in [1.54, 1.807) is 54.6 Å². The highest BCUT2D eigenvalue weighted by atomic mass is 35.5. The largest absolute Gasteiger partial charge is 0.490 e. The van der Waals surface area contributed by atoms with Crippen LogP contribution in [0.25, 0.3) is 6.08 Å². The summed E-state index contributed by atoms with van der Waals surface area (Å²) in [6, 6.07) is 17.7. The first-order valence-corrected chi connectivity index (χ1v) is 11.2. The molecule has 5 nitrogen and oxygen atoms in total. The molecule has 0 aliphatic carbocycles. The fraction of sp³-hybridized carbons (Fsp3) is 0.120. The number of halogens is 3. The van der Waals surface area contributed by atoms with Gasteiger partial charge in [-0.15, -0.1) is 0 Å². The Balaban J connectivity index is 1.61. The topological polar surface area (TPSA) is 57.1 Å². The molecule has 0 saturated heterocycles. The van der Waals surface area contributed by atoms with Gasteiger partial charge in [-0.1, -0.05) is 59.1 Å². The lowest BCUT2D eigenvalue weighted by Crippen LogP contribution is -2.05. The molecule has 0 amide bonds. The van der Waals surface area contributed by atoms with E-state index in [0.29, 0.717) is 44.3 Å². The molecule has 0 unspecified atom stereocenters. The molecule has 1 heterocycles. The van der Waals surface area contributed by atoms with E-state index in [1.165, 1.54) is 0 Å². The Morgan fingerprint density at radius 1 is 0.970 bits per heavy atom. The third-order valence-electron chi connectivity index (χ3n) is 4.66. The van der Waals surface area contributed by atoms with Gasteiger partial charge in [-0.05, 0) is 60.5 Å².